The Morgan fingerprint density at radius 3 is 2.27 bits per heavy atom. The fourth-order valence-corrected chi connectivity index (χ4v) is 1.44. The molecule has 7 heteroatoms. The molecule has 22 heavy (non-hydrogen) atoms. The number of carbonyl (C=O) groups is 2. The van der Waals surface area contributed by atoms with Crippen LogP contribution in [-0.4, -0.2) is 18.0 Å². The van der Waals surface area contributed by atoms with Gasteiger partial charge in [0.25, 0.3) is 0 Å². The summed E-state index contributed by atoms with van der Waals surface area (Å²) in [5, 5.41) is 4.39. The van der Waals surface area contributed by atoms with Gasteiger partial charge in [-0.25, -0.2) is 0 Å². The molecule has 1 rings (SSSR count). The predicted molar refractivity (Wildman–Crippen MR) is 77.0 cm³/mol. The van der Waals surface area contributed by atoms with Gasteiger partial charge in [0.1, 0.15) is 0 Å². The minimum atomic E-state index is -4.92. The molecule has 1 aromatic rings. The van der Waals surface area contributed by atoms with Gasteiger partial charge < -0.3 is 10.6 Å². The highest BCUT2D eigenvalue weighted by molar-refractivity contribution is 5.94. The number of allylic oxidation sites excluding steroid dienone is 1. The average molecular weight is 314 g/mol. The van der Waals surface area contributed by atoms with Gasteiger partial charge >= 0.3 is 12.1 Å². The summed E-state index contributed by atoms with van der Waals surface area (Å²) in [6, 6.07) is 5.74. The molecular formula is C15H17F3N2O2. The zero-order valence-corrected chi connectivity index (χ0v) is 12.2. The Balaban J connectivity index is 2.52. The quantitative estimate of drug-likeness (QED) is 0.821. The molecule has 0 spiro atoms. The van der Waals surface area contributed by atoms with Gasteiger partial charge in [-0.15, -0.1) is 0 Å². The Hall–Kier alpha value is -2.31. The van der Waals surface area contributed by atoms with Crippen molar-refractivity contribution in [3.63, 3.8) is 0 Å². The normalized spacial score (nSPS) is 11.7. The van der Waals surface area contributed by atoms with Crippen LogP contribution < -0.4 is 10.6 Å². The maximum absolute atomic E-state index is 12.1. The van der Waals surface area contributed by atoms with E-state index >= 15 is 0 Å². The van der Waals surface area contributed by atoms with Crippen molar-refractivity contribution in [2.75, 3.05) is 5.32 Å². The molecule has 0 radical (unpaired) electrons. The van der Waals surface area contributed by atoms with E-state index in [1.165, 1.54) is 30.3 Å². The van der Waals surface area contributed by atoms with Crippen molar-refractivity contribution >= 4 is 17.5 Å². The van der Waals surface area contributed by atoms with Crippen molar-refractivity contribution in [1.82, 2.24) is 5.32 Å². The van der Waals surface area contributed by atoms with Crippen LogP contribution in [0, 0.1) is 5.92 Å². The summed E-state index contributed by atoms with van der Waals surface area (Å²) in [5.74, 6) is -2.00. The number of carbonyl (C=O) groups excluding carboxylic acids is 2. The largest absolute Gasteiger partial charge is 0.471 e. The van der Waals surface area contributed by atoms with Crippen molar-refractivity contribution in [2.45, 2.75) is 26.6 Å². The third kappa shape index (κ3) is 6.43. The Kier molecular flexibility index (Phi) is 6.15. The van der Waals surface area contributed by atoms with E-state index in [2.05, 4.69) is 5.32 Å². The number of benzene rings is 1. The van der Waals surface area contributed by atoms with Crippen LogP contribution in [0.1, 0.15) is 19.4 Å². The summed E-state index contributed by atoms with van der Waals surface area (Å²) < 4.78 is 36.3. The molecule has 4 nitrogen and oxygen atoms in total. The monoisotopic (exact) mass is 314 g/mol. The van der Waals surface area contributed by atoms with E-state index in [4.69, 9.17) is 0 Å². The number of hydrogen-bond donors (Lipinski definition) is 2. The topological polar surface area (TPSA) is 58.2 Å². The lowest BCUT2D eigenvalue weighted by Gasteiger charge is -2.09. The van der Waals surface area contributed by atoms with Crippen LogP contribution in [0.25, 0.3) is 0 Å². The van der Waals surface area contributed by atoms with E-state index in [9.17, 15) is 22.8 Å². The molecule has 0 aliphatic rings. The van der Waals surface area contributed by atoms with Gasteiger partial charge in [-0.1, -0.05) is 32.1 Å². The van der Waals surface area contributed by atoms with E-state index < -0.39 is 12.1 Å². The summed E-state index contributed by atoms with van der Waals surface area (Å²) in [7, 11) is 0. The molecular weight excluding hydrogens is 297 g/mol. The SMILES string of the molecule is CC(C)/C=C/C(=O)NCc1ccc(NC(=O)C(F)(F)F)cc1. The first-order valence-electron chi connectivity index (χ1n) is 6.61. The number of halogens is 3. The van der Waals surface area contributed by atoms with Gasteiger partial charge in [-0.2, -0.15) is 13.2 Å². The highest BCUT2D eigenvalue weighted by Crippen LogP contribution is 2.18. The third-order valence-electron chi connectivity index (χ3n) is 2.57. The molecule has 0 atom stereocenters. The zero-order valence-electron chi connectivity index (χ0n) is 12.2. The van der Waals surface area contributed by atoms with Gasteiger partial charge in [0.05, 0.1) is 0 Å². The second-order valence-electron chi connectivity index (χ2n) is 4.97. The number of amides is 2. The minimum Gasteiger partial charge on any atom is -0.348 e. The van der Waals surface area contributed by atoms with Crippen LogP contribution in [0.4, 0.5) is 18.9 Å². The number of rotatable bonds is 5. The first-order chi connectivity index (χ1) is 10.2. The molecule has 0 heterocycles. The second kappa shape index (κ2) is 7.63. The number of alkyl halides is 3. The number of nitrogens with one attached hydrogen (secondary N) is 2. The van der Waals surface area contributed by atoms with E-state index in [-0.39, 0.29) is 24.1 Å². The molecule has 0 aromatic heterocycles. The Bertz CT molecular complexity index is 549. The van der Waals surface area contributed by atoms with Crippen molar-refractivity contribution in [1.29, 1.82) is 0 Å². The summed E-state index contributed by atoms with van der Waals surface area (Å²) in [6.07, 6.45) is -1.73. The molecule has 0 saturated carbocycles. The van der Waals surface area contributed by atoms with Crippen molar-refractivity contribution in [2.24, 2.45) is 5.92 Å². The van der Waals surface area contributed by atoms with Crippen molar-refractivity contribution in [3.8, 4) is 0 Å². The predicted octanol–water partition coefficient (Wildman–Crippen LogP) is 3.02. The van der Waals surface area contributed by atoms with Crippen LogP contribution in [-0.2, 0) is 16.1 Å². The summed E-state index contributed by atoms with van der Waals surface area (Å²) in [4.78, 5) is 22.2. The number of hydrogen-bond acceptors (Lipinski definition) is 2. The van der Waals surface area contributed by atoms with Gasteiger partial charge in [0.2, 0.25) is 5.91 Å². The third-order valence-corrected chi connectivity index (χ3v) is 2.57. The summed E-state index contributed by atoms with van der Waals surface area (Å²) >= 11 is 0. The Morgan fingerprint density at radius 1 is 1.18 bits per heavy atom. The second-order valence-corrected chi connectivity index (χ2v) is 4.97. The van der Waals surface area contributed by atoms with Crippen LogP contribution in [0.15, 0.2) is 36.4 Å². The highest BCUT2D eigenvalue weighted by atomic mass is 19.4. The van der Waals surface area contributed by atoms with Crippen LogP contribution in [0.2, 0.25) is 0 Å². The van der Waals surface area contributed by atoms with Crippen LogP contribution >= 0.6 is 0 Å². The maximum Gasteiger partial charge on any atom is 0.471 e. The summed E-state index contributed by atoms with van der Waals surface area (Å²) in [5.41, 5.74) is 0.744. The van der Waals surface area contributed by atoms with E-state index in [0.29, 0.717) is 5.56 Å². The lowest BCUT2D eigenvalue weighted by atomic mass is 10.2. The molecule has 0 aliphatic heterocycles. The number of anilines is 1. The Morgan fingerprint density at radius 2 is 1.77 bits per heavy atom. The van der Waals surface area contributed by atoms with Gasteiger partial charge in [0.15, 0.2) is 0 Å². The lowest BCUT2D eigenvalue weighted by Crippen LogP contribution is -2.29. The van der Waals surface area contributed by atoms with Crippen LogP contribution in [0.5, 0.6) is 0 Å². The molecule has 0 bridgehead atoms. The fourth-order valence-electron chi connectivity index (χ4n) is 1.44. The fraction of sp³-hybridized carbons (Fsp3) is 0.333. The van der Waals surface area contributed by atoms with Gasteiger partial charge in [0, 0.05) is 12.2 Å². The van der Waals surface area contributed by atoms with Crippen LogP contribution in [0.3, 0.4) is 0 Å². The van der Waals surface area contributed by atoms with Crippen molar-refractivity contribution in [3.05, 3.63) is 42.0 Å². The maximum atomic E-state index is 12.1. The smallest absolute Gasteiger partial charge is 0.348 e. The molecule has 0 saturated heterocycles. The van der Waals surface area contributed by atoms with Gasteiger partial charge in [-0.3, -0.25) is 9.59 Å². The van der Waals surface area contributed by atoms with E-state index in [1.54, 1.807) is 11.4 Å². The molecule has 120 valence electrons. The van der Waals surface area contributed by atoms with E-state index in [1.807, 2.05) is 13.8 Å². The van der Waals surface area contributed by atoms with Gasteiger partial charge in [-0.05, 0) is 29.7 Å². The lowest BCUT2D eigenvalue weighted by molar-refractivity contribution is -0.167. The average Bonchev–Trinajstić information content (AvgIpc) is 2.43. The van der Waals surface area contributed by atoms with E-state index in [0.717, 1.165) is 0 Å². The summed E-state index contributed by atoms with van der Waals surface area (Å²) in [6.45, 7) is 4.13. The van der Waals surface area contributed by atoms with Crippen molar-refractivity contribution < 1.29 is 22.8 Å². The molecule has 2 N–H and O–H groups in total. The molecule has 1 aromatic carbocycles. The first-order valence-corrected chi connectivity index (χ1v) is 6.61. The molecule has 0 unspecified atom stereocenters. The Labute approximate surface area is 126 Å². The zero-order chi connectivity index (χ0) is 16.8. The highest BCUT2D eigenvalue weighted by Gasteiger charge is 2.38. The molecule has 2 amide bonds. The standard InChI is InChI=1S/C15H17F3N2O2/c1-10(2)3-8-13(21)19-9-11-4-6-12(7-5-11)20-14(22)15(16,17)18/h3-8,10H,9H2,1-2H3,(H,19,21)(H,20,22)/b8-3+. The molecule has 0 aliphatic carbocycles. The molecule has 0 fully saturated rings. The minimum absolute atomic E-state index is 0.0390. The first kappa shape index (κ1) is 17.7.